The van der Waals surface area contributed by atoms with Gasteiger partial charge < -0.3 is 0 Å². The predicted octanol–water partition coefficient (Wildman–Crippen LogP) is 7.39. The van der Waals surface area contributed by atoms with Crippen molar-refractivity contribution in [3.63, 3.8) is 0 Å². The molecular weight excluding hydrogens is 468 g/mol. The highest BCUT2D eigenvalue weighted by Gasteiger charge is 2.20. The van der Waals surface area contributed by atoms with Crippen LogP contribution in [0.25, 0.3) is 0 Å². The van der Waals surface area contributed by atoms with Gasteiger partial charge in [-0.3, -0.25) is 0 Å². The summed E-state index contributed by atoms with van der Waals surface area (Å²) in [7, 11) is 1.33. The molecule has 1 rings (SSSR count). The van der Waals surface area contributed by atoms with Gasteiger partial charge >= 0.3 is 17.1 Å². The third kappa shape index (κ3) is 16.2. The van der Waals surface area contributed by atoms with Gasteiger partial charge in [0.1, 0.15) is 6.17 Å². The molecule has 0 fully saturated rings. The normalized spacial score (nSPS) is 9.92. The Bertz CT molecular complexity index is 1020. The lowest BCUT2D eigenvalue weighted by Crippen LogP contribution is -2.54. The van der Waals surface area contributed by atoms with Gasteiger partial charge in [0.05, 0.1) is 0 Å². The zero-order chi connectivity index (χ0) is 28.4. The number of hydrogen-bond acceptors (Lipinski definition) is 9. The Morgan fingerprint density at radius 1 is 0.750 bits per heavy atom. The van der Waals surface area contributed by atoms with E-state index >= 15 is 0 Å². The molecular formula is C24H72N6O6. The molecule has 12 nitrogen and oxygen atoms in total. The monoisotopic (exact) mass is 541 g/mol. The van der Waals surface area contributed by atoms with E-state index < -0.39 is 23.2 Å². The molecule has 234 valence electrons. The van der Waals surface area contributed by atoms with Crippen LogP contribution in [0.2, 0.25) is 0 Å². The SMILES string of the molecule is CCCCC.CCCCCCn1c(=O)n(C)c(=O)n(C(CCCCC)N=C=O)c1=O.N=C=O.N=C=O.[HH].[HH].[HH].[HH].[HH].[HH].[HH].[HH].[HH].[HH].[HH].[HH].[HH].[HH].[HH]. The molecule has 1 heterocycles. The van der Waals surface area contributed by atoms with E-state index in [1.54, 1.807) is 0 Å². The Kier molecular flexibility index (Phi) is 27.0. The van der Waals surface area contributed by atoms with Crippen LogP contribution in [0, 0.1) is 10.8 Å². The van der Waals surface area contributed by atoms with Crippen LogP contribution < -0.4 is 17.1 Å². The van der Waals surface area contributed by atoms with E-state index in [4.69, 9.17) is 20.4 Å². The minimum Gasteiger partial charge on any atom is -0.248 e. The average Bonchev–Trinajstić information content (AvgIpc) is 2.84. The van der Waals surface area contributed by atoms with Gasteiger partial charge in [-0.05, 0) is 19.3 Å². The number of nitrogens with one attached hydrogen (secondary N) is 2. The van der Waals surface area contributed by atoms with E-state index in [1.165, 1.54) is 32.4 Å². The maximum absolute atomic E-state index is 12.7. The van der Waals surface area contributed by atoms with Crippen molar-refractivity contribution < 1.29 is 35.8 Å². The summed E-state index contributed by atoms with van der Waals surface area (Å²) in [6, 6.07) is 0. The first-order valence-corrected chi connectivity index (χ1v) is 12.3. The van der Waals surface area contributed by atoms with Crippen LogP contribution in [0.1, 0.15) is 126 Å². The maximum atomic E-state index is 12.7. The lowest BCUT2D eigenvalue weighted by atomic mass is 10.2. The molecule has 0 saturated carbocycles. The van der Waals surface area contributed by atoms with E-state index in [0.717, 1.165) is 64.4 Å². The first kappa shape index (κ1) is 37.1. The molecule has 0 aromatic carbocycles. The van der Waals surface area contributed by atoms with Crippen LogP contribution in [0.5, 0.6) is 0 Å². The summed E-state index contributed by atoms with van der Waals surface area (Å²) in [4.78, 5) is 68.5. The Balaban J connectivity index is -0.0000000233. The number of aliphatic imine (C=N–C) groups is 1. The molecule has 1 unspecified atom stereocenters. The summed E-state index contributed by atoms with van der Waals surface area (Å²) >= 11 is 0. The van der Waals surface area contributed by atoms with Gasteiger partial charge in [-0.15, -0.1) is 0 Å². The smallest absolute Gasteiger partial charge is 0.248 e. The van der Waals surface area contributed by atoms with E-state index in [-0.39, 0.29) is 27.9 Å². The predicted molar refractivity (Wildman–Crippen MR) is 169 cm³/mol. The van der Waals surface area contributed by atoms with Gasteiger partial charge in [0, 0.05) is 35.0 Å². The molecule has 36 heavy (non-hydrogen) atoms. The van der Waals surface area contributed by atoms with Crippen LogP contribution in [0.4, 0.5) is 0 Å². The van der Waals surface area contributed by atoms with Crippen LogP contribution >= 0.6 is 0 Å². The molecule has 0 amide bonds. The Labute approximate surface area is 234 Å². The average molecular weight is 541 g/mol. The molecule has 1 atom stereocenters. The number of unbranched alkanes of at least 4 members (excludes halogenated alkanes) is 7. The second kappa shape index (κ2) is 26.2. The number of rotatable bonds is 13. The van der Waals surface area contributed by atoms with E-state index in [1.807, 2.05) is 6.92 Å². The lowest BCUT2D eigenvalue weighted by Gasteiger charge is -2.16. The maximum Gasteiger partial charge on any atom is 0.338 e. The van der Waals surface area contributed by atoms with E-state index in [0.29, 0.717) is 12.8 Å². The van der Waals surface area contributed by atoms with Crippen molar-refractivity contribution in [1.29, 1.82) is 10.8 Å². The molecule has 1 aromatic rings. The minimum atomic E-state index is -0.919. The topological polar surface area (TPSA) is 177 Å². The Hall–Kier alpha value is -3.45. The summed E-state index contributed by atoms with van der Waals surface area (Å²) in [5.41, 5.74) is -2.09. The van der Waals surface area contributed by atoms with Gasteiger partial charge in [-0.2, -0.15) is 4.99 Å². The molecule has 0 spiro atoms. The van der Waals surface area contributed by atoms with Gasteiger partial charge in [0.15, 0.2) is 0 Å². The first-order valence-electron chi connectivity index (χ1n) is 12.3. The number of aromatic nitrogens is 3. The number of nitrogens with zero attached hydrogens (tertiary/aromatic N) is 4. The fourth-order valence-electron chi connectivity index (χ4n) is 3.10. The van der Waals surface area contributed by atoms with Crippen molar-refractivity contribution in [3.8, 4) is 0 Å². The largest absolute Gasteiger partial charge is 0.338 e. The zero-order valence-electron chi connectivity index (χ0n) is 22.3. The van der Waals surface area contributed by atoms with E-state index in [2.05, 4.69) is 25.8 Å². The number of isocyanates is 3. The van der Waals surface area contributed by atoms with Crippen molar-refractivity contribution in [3.05, 3.63) is 31.5 Å². The third-order valence-corrected chi connectivity index (χ3v) is 4.96. The molecule has 2 N–H and O–H groups in total. The number of carbonyl (C=O) groups excluding carboxylic acids is 3. The Morgan fingerprint density at radius 3 is 1.64 bits per heavy atom. The molecule has 0 radical (unpaired) electrons. The van der Waals surface area contributed by atoms with Crippen LogP contribution in [-0.2, 0) is 28.0 Å². The fraction of sp³-hybridized carbons (Fsp3) is 0.750. The molecule has 0 saturated heterocycles. The minimum absolute atomic E-state index is 0. The van der Waals surface area contributed by atoms with Crippen molar-refractivity contribution in [2.24, 2.45) is 12.0 Å². The summed E-state index contributed by atoms with van der Waals surface area (Å²) < 4.78 is 2.86. The van der Waals surface area contributed by atoms with Crippen molar-refractivity contribution in [1.82, 2.24) is 13.7 Å². The summed E-state index contributed by atoms with van der Waals surface area (Å²) in [6.07, 6.45) is 12.7. The number of hydrogen-bond donors (Lipinski definition) is 2. The zero-order valence-corrected chi connectivity index (χ0v) is 22.3. The van der Waals surface area contributed by atoms with Crippen LogP contribution in [0.3, 0.4) is 0 Å². The fourth-order valence-corrected chi connectivity index (χ4v) is 3.10. The first-order chi connectivity index (χ1) is 17.2. The van der Waals surface area contributed by atoms with Gasteiger partial charge in [0.25, 0.3) is 0 Å². The van der Waals surface area contributed by atoms with E-state index in [9.17, 15) is 19.2 Å². The summed E-state index contributed by atoms with van der Waals surface area (Å²) in [5, 5.41) is 10.8. The van der Waals surface area contributed by atoms with Crippen molar-refractivity contribution >= 4 is 18.2 Å². The summed E-state index contributed by atoms with van der Waals surface area (Å²) in [6.45, 7) is 8.77. The standard InChI is InChI=1S/C17H28N4O4.C5H12.2CHNO.15H2/c1-4-6-8-10-12-20-15(23)19(3)16(24)21(17(20)25)14(18-13-22)11-9-7-5-2;1-3-5-4-2;2*2-1-3;;;;;;;;;;;;;;;/h14H,4-12H2,1-3H3;3-5H2,1-2H3;2*2H;15*1H. The van der Waals surface area contributed by atoms with Gasteiger partial charge in [-0.25, -0.2) is 53.3 Å². The van der Waals surface area contributed by atoms with Gasteiger partial charge in [-0.1, -0.05) is 79.1 Å². The molecule has 0 aliphatic carbocycles. The van der Waals surface area contributed by atoms with Crippen molar-refractivity contribution in [2.45, 2.75) is 111 Å². The third-order valence-electron chi connectivity index (χ3n) is 4.96. The lowest BCUT2D eigenvalue weighted by molar-refractivity contribution is 0.375. The highest BCUT2D eigenvalue weighted by atomic mass is 16.2. The molecule has 12 heteroatoms. The van der Waals surface area contributed by atoms with Crippen LogP contribution in [-0.4, -0.2) is 31.9 Å². The molecule has 0 bridgehead atoms. The molecule has 1 aromatic heterocycles. The quantitative estimate of drug-likeness (QED) is 0.149. The molecule has 0 aliphatic rings. The highest BCUT2D eigenvalue weighted by molar-refractivity contribution is 5.33. The Morgan fingerprint density at radius 2 is 1.22 bits per heavy atom. The molecule has 0 aliphatic heterocycles. The second-order valence-corrected chi connectivity index (χ2v) is 7.74. The highest BCUT2D eigenvalue weighted by Crippen LogP contribution is 2.13. The van der Waals surface area contributed by atoms with Crippen LogP contribution in [0.15, 0.2) is 19.4 Å². The second-order valence-electron chi connectivity index (χ2n) is 7.74. The van der Waals surface area contributed by atoms with Gasteiger partial charge in [0.2, 0.25) is 18.2 Å². The van der Waals surface area contributed by atoms with Crippen molar-refractivity contribution in [2.75, 3.05) is 0 Å². The summed E-state index contributed by atoms with van der Waals surface area (Å²) in [5.74, 6) is 0.